The smallest absolute Gasteiger partial charge is 0.480 e. The lowest BCUT2D eigenvalue weighted by atomic mass is 9.94. The van der Waals surface area contributed by atoms with E-state index in [9.17, 15) is 68.7 Å². The van der Waals surface area contributed by atoms with Crippen molar-refractivity contribution in [3.05, 3.63) is 0 Å². The molecule has 0 spiro atoms. The number of carbonyl (C=O) groups is 9. The van der Waals surface area contributed by atoms with Crippen LogP contribution in [0.1, 0.15) is 304 Å². The summed E-state index contributed by atoms with van der Waals surface area (Å²) in [4.78, 5) is 122. The van der Waals surface area contributed by atoms with E-state index in [1.165, 1.54) is 153 Å². The molecular formula is C86H166N10O18. The van der Waals surface area contributed by atoms with Gasteiger partial charge in [-0.15, -0.1) is 0 Å². The van der Waals surface area contributed by atoms with Crippen LogP contribution in [0.2, 0.25) is 0 Å². The fourth-order valence-electron chi connectivity index (χ4n) is 14.0. The molecule has 0 aliphatic heterocycles. The molecular weight excluding hydrogens is 1460 g/mol. The molecule has 0 radical (unpaired) electrons. The van der Waals surface area contributed by atoms with E-state index in [2.05, 4.69) is 77.8 Å². The number of aliphatic carboxylic acids is 5. The van der Waals surface area contributed by atoms with Crippen LogP contribution in [0, 0.1) is 11.8 Å². The highest BCUT2D eigenvalue weighted by molar-refractivity contribution is 5.75. The molecule has 0 aliphatic carbocycles. The normalized spacial score (nSPS) is 12.3. The molecule has 0 rings (SSSR count). The number of rotatable bonds is 86. The molecule has 0 heterocycles. The molecule has 0 aromatic rings. The largest absolute Gasteiger partial charge is 0.508 e. The van der Waals surface area contributed by atoms with Crippen LogP contribution in [0.15, 0.2) is 0 Å². The molecule has 0 aliphatic rings. The third-order valence-corrected chi connectivity index (χ3v) is 21.3. The Balaban J connectivity index is 4.80. The zero-order chi connectivity index (χ0) is 84.3. The molecule has 0 fully saturated rings. The SMILES string of the molecule is CCCCCCCCCC(CCCCCCCCC)C(=O)OCC(COC(=O)OCCCCCCCCCCNCCNCCN(C)CCN(C)CCN(C)CCNC(=O)NCCCCC(C(=O)O)N(CCN(CC(=O)O)CC(=O)O)CCN(CC(=O)O)CC(=O)O)OC(=O)C(CCCCCCCCC)CCCCCCCCC. The van der Waals surface area contributed by atoms with Gasteiger partial charge in [0.25, 0.3) is 0 Å². The first-order valence-corrected chi connectivity index (χ1v) is 45.0. The van der Waals surface area contributed by atoms with Crippen molar-refractivity contribution in [3.63, 3.8) is 0 Å². The third-order valence-electron chi connectivity index (χ3n) is 21.3. The Labute approximate surface area is 688 Å². The molecule has 28 heteroatoms. The number of carboxylic acids is 5. The lowest BCUT2D eigenvalue weighted by molar-refractivity contribution is -0.167. The van der Waals surface area contributed by atoms with Gasteiger partial charge in [0.05, 0.1) is 44.6 Å². The van der Waals surface area contributed by atoms with Crippen molar-refractivity contribution >= 4 is 54.0 Å². The van der Waals surface area contributed by atoms with Crippen LogP contribution in [0.4, 0.5) is 9.59 Å². The number of carboxylic acid groups (broad SMARTS) is 5. The number of hydrogen-bond donors (Lipinski definition) is 9. The van der Waals surface area contributed by atoms with Crippen molar-refractivity contribution in [2.24, 2.45) is 11.8 Å². The summed E-state index contributed by atoms with van der Waals surface area (Å²) in [6.45, 7) is 15.3. The summed E-state index contributed by atoms with van der Waals surface area (Å²) in [5.41, 5.74) is 0. The second kappa shape index (κ2) is 77.4. The zero-order valence-corrected chi connectivity index (χ0v) is 72.7. The Bertz CT molecular complexity index is 2280. The van der Waals surface area contributed by atoms with Crippen LogP contribution in [0.25, 0.3) is 0 Å². The van der Waals surface area contributed by atoms with E-state index in [1.807, 2.05) is 7.05 Å². The van der Waals surface area contributed by atoms with Crippen LogP contribution in [0.5, 0.6) is 0 Å². The van der Waals surface area contributed by atoms with Crippen molar-refractivity contribution in [1.29, 1.82) is 0 Å². The Morgan fingerprint density at radius 2 is 0.649 bits per heavy atom. The van der Waals surface area contributed by atoms with E-state index in [4.69, 9.17) is 18.9 Å². The molecule has 668 valence electrons. The Kier molecular flexibility index (Phi) is 73.7. The molecule has 0 saturated carbocycles. The predicted octanol–water partition coefficient (Wildman–Crippen LogP) is 13.7. The van der Waals surface area contributed by atoms with Gasteiger partial charge in [-0.3, -0.25) is 48.3 Å². The maximum Gasteiger partial charge on any atom is 0.508 e. The summed E-state index contributed by atoms with van der Waals surface area (Å²) < 4.78 is 23.4. The summed E-state index contributed by atoms with van der Waals surface area (Å²) in [6.07, 6.45) is 43.7. The number of urea groups is 1. The van der Waals surface area contributed by atoms with Gasteiger partial charge in [0.15, 0.2) is 6.10 Å². The monoisotopic (exact) mass is 1630 g/mol. The number of carbonyl (C=O) groups excluding carboxylic acids is 4. The number of ether oxygens (including phenoxy) is 4. The number of nitrogens with zero attached hydrogens (tertiary/aromatic N) is 6. The van der Waals surface area contributed by atoms with Crippen molar-refractivity contribution in [3.8, 4) is 0 Å². The van der Waals surface area contributed by atoms with E-state index < -0.39 is 74.3 Å². The number of amides is 2. The van der Waals surface area contributed by atoms with Crippen LogP contribution >= 0.6 is 0 Å². The first-order chi connectivity index (χ1) is 55.0. The van der Waals surface area contributed by atoms with Gasteiger partial charge in [0.2, 0.25) is 0 Å². The molecule has 2 unspecified atom stereocenters. The molecule has 2 atom stereocenters. The van der Waals surface area contributed by atoms with Gasteiger partial charge in [0, 0.05) is 98.2 Å². The second-order valence-electron chi connectivity index (χ2n) is 31.9. The molecule has 114 heavy (non-hydrogen) atoms. The average Bonchev–Trinajstić information content (AvgIpc) is 0.882. The summed E-state index contributed by atoms with van der Waals surface area (Å²) in [6, 6.07) is -1.52. The number of nitrogens with one attached hydrogen (secondary N) is 4. The fraction of sp³-hybridized carbons (Fsp3) is 0.895. The van der Waals surface area contributed by atoms with Crippen molar-refractivity contribution in [2.75, 3.05) is 172 Å². The highest BCUT2D eigenvalue weighted by Gasteiger charge is 2.30. The molecule has 0 bridgehead atoms. The molecule has 28 nitrogen and oxygen atoms in total. The van der Waals surface area contributed by atoms with Gasteiger partial charge >= 0.3 is 54.0 Å². The highest BCUT2D eigenvalue weighted by atomic mass is 16.7. The lowest BCUT2D eigenvalue weighted by Crippen LogP contribution is -2.50. The summed E-state index contributed by atoms with van der Waals surface area (Å²) in [7, 11) is 6.23. The number of likely N-dealkylation sites (N-methyl/N-ethyl adjacent to an activating group) is 3. The van der Waals surface area contributed by atoms with Crippen LogP contribution in [0.3, 0.4) is 0 Å². The van der Waals surface area contributed by atoms with Gasteiger partial charge in [-0.1, -0.05) is 246 Å². The lowest BCUT2D eigenvalue weighted by Gasteiger charge is -2.32. The Hall–Kier alpha value is -5.49. The predicted molar refractivity (Wildman–Crippen MR) is 452 cm³/mol. The Morgan fingerprint density at radius 3 is 1.06 bits per heavy atom. The molecule has 0 aromatic heterocycles. The van der Waals surface area contributed by atoms with Gasteiger partial charge in [0.1, 0.15) is 19.3 Å². The average molecular weight is 1630 g/mol. The topological polar surface area (TPSA) is 359 Å². The quantitative estimate of drug-likeness (QED) is 0.0155. The van der Waals surface area contributed by atoms with Crippen molar-refractivity contribution < 1.29 is 87.6 Å². The standard InChI is InChI=1S/C86H166N10O18/c1-8-12-16-20-26-32-38-46-74(47-39-33-27-21-17-13-9-2)83(107)112-72-76(114-84(108)75(48-40-34-28-22-18-14-10-3)49-41-35-29-23-19-15-11-4)73-113-86(110)111-67-45-37-31-25-24-30-36-43-51-87-53-54-88-55-57-91(5)59-61-93(7)62-60-92(6)58-56-90-85(109)89-52-44-42-50-77(82(105)106)96(65-63-94(68-78(97)98)69-79(99)100)66-64-95(70-80(101)102)71-81(103)104/h74-77,87-88H,8-73H2,1-7H3,(H,97,98)(H,99,100)(H,101,102)(H,103,104)(H,105,106)(H2,89,90,109). The van der Waals surface area contributed by atoms with E-state index >= 15 is 0 Å². The number of esters is 2. The zero-order valence-electron chi connectivity index (χ0n) is 72.7. The van der Waals surface area contributed by atoms with Crippen molar-refractivity contribution in [2.45, 2.75) is 316 Å². The fourth-order valence-corrected chi connectivity index (χ4v) is 14.0. The van der Waals surface area contributed by atoms with Crippen LogP contribution in [-0.2, 0) is 52.5 Å². The minimum atomic E-state index is -1.28. The highest BCUT2D eigenvalue weighted by Crippen LogP contribution is 2.25. The molecule has 0 saturated heterocycles. The number of unbranched alkanes of at least 4 members (excludes halogenated alkanes) is 32. The maximum atomic E-state index is 14.2. The van der Waals surface area contributed by atoms with Crippen molar-refractivity contribution in [1.82, 2.24) is 50.7 Å². The first-order valence-electron chi connectivity index (χ1n) is 45.0. The van der Waals surface area contributed by atoms with Gasteiger partial charge in [-0.2, -0.15) is 0 Å². The molecule has 9 N–H and O–H groups in total. The maximum absolute atomic E-state index is 14.2. The van der Waals surface area contributed by atoms with Gasteiger partial charge in [-0.25, -0.2) is 9.59 Å². The van der Waals surface area contributed by atoms with E-state index in [0.717, 1.165) is 178 Å². The summed E-state index contributed by atoms with van der Waals surface area (Å²) in [5.74, 6) is -7.31. The van der Waals surface area contributed by atoms with E-state index in [0.29, 0.717) is 25.9 Å². The molecule has 0 aromatic carbocycles. The first kappa shape index (κ1) is 109. The van der Waals surface area contributed by atoms with E-state index in [-0.39, 0.29) is 88.8 Å². The summed E-state index contributed by atoms with van der Waals surface area (Å²) in [5, 5.41) is 60.1. The third kappa shape index (κ3) is 69.6. The van der Waals surface area contributed by atoms with Gasteiger partial charge < -0.3 is 80.4 Å². The minimum absolute atomic E-state index is 0.0919. The van der Waals surface area contributed by atoms with Gasteiger partial charge in [-0.05, 0) is 85.5 Å². The van der Waals surface area contributed by atoms with Crippen LogP contribution < -0.4 is 21.3 Å². The summed E-state index contributed by atoms with van der Waals surface area (Å²) >= 11 is 0. The van der Waals surface area contributed by atoms with Crippen LogP contribution in [-0.4, -0.2) is 293 Å². The molecule has 2 amide bonds. The number of hydrogen-bond acceptors (Lipinski definition) is 21. The minimum Gasteiger partial charge on any atom is -0.480 e. The Morgan fingerprint density at radius 1 is 0.316 bits per heavy atom. The van der Waals surface area contributed by atoms with E-state index in [1.54, 1.807) is 0 Å². The second-order valence-corrected chi connectivity index (χ2v) is 31.9.